The molecule has 0 spiro atoms. The van der Waals surface area contributed by atoms with Crippen LogP contribution in [-0.4, -0.2) is 32.0 Å². The maximum atomic E-state index is 12.5. The maximum absolute atomic E-state index is 12.5. The van der Waals surface area contributed by atoms with Crippen LogP contribution < -0.4 is 17.1 Å². The first kappa shape index (κ1) is 13.0. The van der Waals surface area contributed by atoms with Gasteiger partial charge >= 0.3 is 17.1 Å². The zero-order valence-electron chi connectivity index (χ0n) is 11.8. The van der Waals surface area contributed by atoms with Gasteiger partial charge in [0.1, 0.15) is 18.3 Å². The Morgan fingerprint density at radius 1 is 0.619 bits per heavy atom. The number of hydrogen-bond donors (Lipinski definition) is 0. The zero-order valence-corrected chi connectivity index (χ0v) is 11.8. The predicted molar refractivity (Wildman–Crippen MR) is 68.0 cm³/mol. The topological polar surface area (TPSA) is 104 Å². The third-order valence-electron chi connectivity index (χ3n) is 4.04. The average Bonchev–Trinajstić information content (AvgIpc) is 3.31. The highest BCUT2D eigenvalue weighted by molar-refractivity contribution is 4.94. The van der Waals surface area contributed by atoms with E-state index in [9.17, 15) is 14.4 Å². The van der Waals surface area contributed by atoms with Crippen LogP contribution in [0.5, 0.6) is 0 Å². The molecule has 3 saturated heterocycles. The highest BCUT2D eigenvalue weighted by Gasteiger charge is 2.47. The zero-order chi connectivity index (χ0) is 15.0. The first-order chi connectivity index (χ1) is 9.91. The number of epoxide rings is 3. The van der Waals surface area contributed by atoms with Crippen molar-refractivity contribution >= 4 is 0 Å². The third kappa shape index (κ3) is 1.78. The lowest BCUT2D eigenvalue weighted by molar-refractivity contribution is 0.263. The molecular weight excluding hydrogens is 282 g/mol. The van der Waals surface area contributed by atoms with Gasteiger partial charge in [-0.2, -0.15) is 0 Å². The molecule has 1 aromatic heterocycles. The maximum Gasteiger partial charge on any atom is 0.340 e. The quantitative estimate of drug-likeness (QED) is 0.658. The summed E-state index contributed by atoms with van der Waals surface area (Å²) in [6.07, 6.45) is -2.59. The van der Waals surface area contributed by atoms with Gasteiger partial charge in [0.2, 0.25) is 0 Å². The van der Waals surface area contributed by atoms with Crippen LogP contribution in [0.15, 0.2) is 14.4 Å². The second-order valence-corrected chi connectivity index (χ2v) is 5.65. The van der Waals surface area contributed by atoms with Gasteiger partial charge in [-0.1, -0.05) is 0 Å². The lowest BCUT2D eigenvalue weighted by Gasteiger charge is -2.10. The molecule has 3 aliphatic heterocycles. The summed E-state index contributed by atoms with van der Waals surface area (Å²) in [5, 5.41) is 0. The van der Waals surface area contributed by atoms with Crippen molar-refractivity contribution in [3.63, 3.8) is 0 Å². The van der Waals surface area contributed by atoms with Gasteiger partial charge in [0.25, 0.3) is 0 Å². The number of hydrogen-bond acceptors (Lipinski definition) is 6. The van der Waals surface area contributed by atoms with Crippen LogP contribution in [0.25, 0.3) is 0 Å². The fourth-order valence-corrected chi connectivity index (χ4v) is 2.58. The van der Waals surface area contributed by atoms with Crippen molar-refractivity contribution in [3.05, 3.63) is 31.5 Å². The third-order valence-corrected chi connectivity index (χ3v) is 4.04. The molecule has 21 heavy (non-hydrogen) atoms. The van der Waals surface area contributed by atoms with E-state index in [1.165, 1.54) is 0 Å². The average molecular weight is 297 g/mol. The predicted octanol–water partition coefficient (Wildman–Crippen LogP) is -1.08. The number of rotatable bonds is 3. The molecule has 1 aromatic rings. The molecule has 0 amide bonds. The Labute approximate surface area is 118 Å². The lowest BCUT2D eigenvalue weighted by atomic mass is 10.4. The summed E-state index contributed by atoms with van der Waals surface area (Å²) in [6, 6.07) is 0. The van der Waals surface area contributed by atoms with Crippen molar-refractivity contribution in [2.45, 2.75) is 57.8 Å². The second-order valence-electron chi connectivity index (χ2n) is 5.65. The fourth-order valence-electron chi connectivity index (χ4n) is 2.58. The molecule has 4 rings (SSSR count). The minimum absolute atomic E-state index is 0.232. The van der Waals surface area contributed by atoms with Crippen LogP contribution in [0.3, 0.4) is 0 Å². The van der Waals surface area contributed by atoms with Crippen molar-refractivity contribution < 1.29 is 14.2 Å². The Morgan fingerprint density at radius 2 is 0.810 bits per heavy atom. The highest BCUT2D eigenvalue weighted by Crippen LogP contribution is 2.34. The first-order valence-corrected chi connectivity index (χ1v) is 6.87. The summed E-state index contributed by atoms with van der Waals surface area (Å²) in [5.74, 6) is 0. The number of aromatic nitrogens is 3. The largest absolute Gasteiger partial charge is 0.347 e. The summed E-state index contributed by atoms with van der Waals surface area (Å²) in [5.41, 5.74) is -2.09. The van der Waals surface area contributed by atoms with Crippen molar-refractivity contribution in [2.75, 3.05) is 0 Å². The molecule has 9 nitrogen and oxygen atoms in total. The van der Waals surface area contributed by atoms with Gasteiger partial charge in [-0.15, -0.1) is 0 Å². The van der Waals surface area contributed by atoms with E-state index in [0.717, 1.165) is 13.7 Å². The number of ether oxygens (including phenoxy) is 3. The second kappa shape index (κ2) is 3.93. The van der Waals surface area contributed by atoms with E-state index in [-0.39, 0.29) is 18.3 Å². The van der Waals surface area contributed by atoms with Crippen molar-refractivity contribution in [2.24, 2.45) is 0 Å². The SMILES string of the molecule is C[C@@H]1OC1n1c(=O)n(C2O[C@@H]2C)c(=O)n(C2O[C@@H]2C)c1=O. The fraction of sp³-hybridized carbons (Fsp3) is 0.750. The van der Waals surface area contributed by atoms with E-state index >= 15 is 0 Å². The molecule has 6 atom stereocenters. The molecule has 3 aliphatic rings. The van der Waals surface area contributed by atoms with Crippen molar-refractivity contribution in [3.8, 4) is 0 Å². The summed E-state index contributed by atoms with van der Waals surface area (Å²) in [7, 11) is 0. The van der Waals surface area contributed by atoms with Gasteiger partial charge in [0, 0.05) is 0 Å². The summed E-state index contributed by atoms with van der Waals surface area (Å²) >= 11 is 0. The molecule has 0 aromatic carbocycles. The van der Waals surface area contributed by atoms with E-state index < -0.39 is 35.8 Å². The smallest absolute Gasteiger partial charge is 0.340 e. The van der Waals surface area contributed by atoms with Crippen LogP contribution in [0, 0.1) is 0 Å². The molecule has 4 heterocycles. The van der Waals surface area contributed by atoms with Crippen molar-refractivity contribution in [1.29, 1.82) is 0 Å². The van der Waals surface area contributed by atoms with Crippen LogP contribution in [0.2, 0.25) is 0 Å². The Morgan fingerprint density at radius 3 is 0.952 bits per heavy atom. The van der Waals surface area contributed by atoms with Gasteiger partial charge < -0.3 is 14.2 Å². The highest BCUT2D eigenvalue weighted by atomic mass is 16.6. The van der Waals surface area contributed by atoms with Crippen LogP contribution >= 0.6 is 0 Å². The van der Waals surface area contributed by atoms with Gasteiger partial charge in [-0.25, -0.2) is 28.1 Å². The Bertz CT molecular complexity index is 657. The van der Waals surface area contributed by atoms with Gasteiger partial charge in [0.15, 0.2) is 18.7 Å². The molecule has 0 aliphatic carbocycles. The first-order valence-electron chi connectivity index (χ1n) is 6.87. The Hall–Kier alpha value is -1.71. The van der Waals surface area contributed by atoms with Crippen LogP contribution in [0.1, 0.15) is 39.5 Å². The summed E-state index contributed by atoms with van der Waals surface area (Å²) < 4.78 is 18.6. The van der Waals surface area contributed by atoms with E-state index in [4.69, 9.17) is 14.2 Å². The monoisotopic (exact) mass is 297 g/mol. The molecule has 3 unspecified atom stereocenters. The van der Waals surface area contributed by atoms with E-state index in [2.05, 4.69) is 0 Å². The molecule has 0 radical (unpaired) electrons. The van der Waals surface area contributed by atoms with Gasteiger partial charge in [-0.3, -0.25) is 0 Å². The molecule has 0 bridgehead atoms. The molecule has 3 fully saturated rings. The lowest BCUT2D eigenvalue weighted by Crippen LogP contribution is -2.54. The normalized spacial score (nSPS) is 40.1. The van der Waals surface area contributed by atoms with E-state index in [1.807, 2.05) is 0 Å². The Kier molecular flexibility index (Phi) is 2.43. The summed E-state index contributed by atoms with van der Waals surface area (Å²) in [4.78, 5) is 37.4. The van der Waals surface area contributed by atoms with Gasteiger partial charge in [0.05, 0.1) is 0 Å². The molecule has 0 saturated carbocycles. The minimum atomic E-state index is -0.696. The summed E-state index contributed by atoms with van der Waals surface area (Å²) in [6.45, 7) is 5.26. The molecule has 0 N–H and O–H groups in total. The number of nitrogens with zero attached hydrogens (tertiary/aromatic N) is 3. The van der Waals surface area contributed by atoms with Crippen LogP contribution in [0.4, 0.5) is 0 Å². The molecule has 114 valence electrons. The van der Waals surface area contributed by atoms with Gasteiger partial charge in [-0.05, 0) is 20.8 Å². The van der Waals surface area contributed by atoms with E-state index in [1.54, 1.807) is 20.8 Å². The standard InChI is InChI=1S/C12H15N3O6/c1-4-7(19-4)13-10(16)14(8-5(2)20-8)12(18)15(11(13)17)9-6(3)21-9/h4-9H,1-3H3/t4-,5-,6+,7?,8?,9?/m1/s1. The van der Waals surface area contributed by atoms with Crippen molar-refractivity contribution in [1.82, 2.24) is 13.7 Å². The molecule has 9 heteroatoms. The van der Waals surface area contributed by atoms with Crippen LogP contribution in [-0.2, 0) is 14.2 Å². The minimum Gasteiger partial charge on any atom is -0.347 e. The van der Waals surface area contributed by atoms with E-state index in [0.29, 0.717) is 0 Å². The Balaban J connectivity index is 1.97. The molecular formula is C12H15N3O6.